The lowest BCUT2D eigenvalue weighted by molar-refractivity contribution is -0.152. The SMILES string of the molecule is CCOC(=O)C(NC(=O)OCC1c2ccccc2-c2ccccc21)C(=O)N1CC2CC2(C(=O)O)C1. The molecule has 1 heterocycles. The lowest BCUT2D eigenvalue weighted by Crippen LogP contribution is -2.53. The molecule has 3 aliphatic rings. The number of fused-ring (bicyclic) bond motifs is 4. The lowest BCUT2D eigenvalue weighted by atomic mass is 9.98. The Morgan fingerprint density at radius 2 is 1.69 bits per heavy atom. The van der Waals surface area contributed by atoms with E-state index in [0.717, 1.165) is 22.3 Å². The second kappa shape index (κ2) is 8.72. The minimum atomic E-state index is -1.60. The van der Waals surface area contributed by atoms with Crippen molar-refractivity contribution in [1.82, 2.24) is 10.2 Å². The number of nitrogens with zero attached hydrogens (tertiary/aromatic N) is 1. The third kappa shape index (κ3) is 3.90. The van der Waals surface area contributed by atoms with Crippen LogP contribution in [0.15, 0.2) is 48.5 Å². The highest BCUT2D eigenvalue weighted by Gasteiger charge is 2.66. The van der Waals surface area contributed by atoms with Gasteiger partial charge in [0.15, 0.2) is 0 Å². The van der Waals surface area contributed by atoms with Crippen molar-refractivity contribution in [2.45, 2.75) is 25.3 Å². The normalized spacial score (nSPS) is 22.4. The van der Waals surface area contributed by atoms with Crippen molar-refractivity contribution in [1.29, 1.82) is 0 Å². The second-order valence-corrected chi connectivity index (χ2v) is 9.24. The number of alkyl carbamates (subject to hydrolysis) is 1. The first-order valence-electron chi connectivity index (χ1n) is 11.7. The van der Waals surface area contributed by atoms with Crippen molar-refractivity contribution in [3.63, 3.8) is 0 Å². The van der Waals surface area contributed by atoms with Gasteiger partial charge in [-0.1, -0.05) is 48.5 Å². The van der Waals surface area contributed by atoms with E-state index >= 15 is 0 Å². The van der Waals surface area contributed by atoms with Crippen LogP contribution < -0.4 is 5.32 Å². The van der Waals surface area contributed by atoms with Crippen LogP contribution in [0.4, 0.5) is 4.79 Å². The number of hydrogen-bond donors (Lipinski definition) is 2. The predicted octanol–water partition coefficient (Wildman–Crippen LogP) is 2.39. The van der Waals surface area contributed by atoms with Crippen LogP contribution in [-0.4, -0.2) is 66.3 Å². The van der Waals surface area contributed by atoms with Crippen LogP contribution in [0.3, 0.4) is 0 Å². The average molecular weight is 479 g/mol. The summed E-state index contributed by atoms with van der Waals surface area (Å²) < 4.78 is 10.5. The molecule has 2 N–H and O–H groups in total. The molecule has 182 valence electrons. The monoisotopic (exact) mass is 478 g/mol. The summed E-state index contributed by atoms with van der Waals surface area (Å²) in [6.45, 7) is 1.88. The van der Waals surface area contributed by atoms with Crippen LogP contribution in [-0.2, 0) is 23.9 Å². The molecule has 35 heavy (non-hydrogen) atoms. The van der Waals surface area contributed by atoms with E-state index < -0.39 is 35.4 Å². The number of hydrogen-bond acceptors (Lipinski definition) is 6. The molecule has 0 bridgehead atoms. The second-order valence-electron chi connectivity index (χ2n) is 9.24. The highest BCUT2D eigenvalue weighted by molar-refractivity contribution is 6.04. The summed E-state index contributed by atoms with van der Waals surface area (Å²) in [5.74, 6) is -2.86. The minimum absolute atomic E-state index is 0.00804. The number of ether oxygens (including phenoxy) is 2. The molecule has 3 atom stereocenters. The molecule has 9 nitrogen and oxygen atoms in total. The van der Waals surface area contributed by atoms with Gasteiger partial charge in [-0.3, -0.25) is 14.9 Å². The number of nitrogens with one attached hydrogen (secondary N) is 1. The van der Waals surface area contributed by atoms with Crippen molar-refractivity contribution >= 4 is 23.9 Å². The van der Waals surface area contributed by atoms with Gasteiger partial charge in [-0.15, -0.1) is 0 Å². The Hall–Kier alpha value is -3.88. The van der Waals surface area contributed by atoms with Crippen LogP contribution in [0, 0.1) is 11.3 Å². The number of benzene rings is 2. The van der Waals surface area contributed by atoms with Crippen LogP contribution in [0.25, 0.3) is 11.1 Å². The van der Waals surface area contributed by atoms with Crippen LogP contribution in [0.2, 0.25) is 0 Å². The molecule has 2 aromatic carbocycles. The molecule has 0 spiro atoms. The molecule has 1 aliphatic heterocycles. The van der Waals surface area contributed by atoms with Gasteiger partial charge in [-0.05, 0) is 41.5 Å². The fourth-order valence-corrected chi connectivity index (χ4v) is 5.37. The third-order valence-corrected chi connectivity index (χ3v) is 7.26. The Morgan fingerprint density at radius 1 is 1.06 bits per heavy atom. The fourth-order valence-electron chi connectivity index (χ4n) is 5.37. The Labute approximate surface area is 202 Å². The molecule has 2 aromatic rings. The molecular weight excluding hydrogens is 452 g/mol. The Balaban J connectivity index is 1.27. The molecule has 5 rings (SSSR count). The minimum Gasteiger partial charge on any atom is -0.481 e. The molecule has 3 unspecified atom stereocenters. The largest absolute Gasteiger partial charge is 0.481 e. The zero-order valence-corrected chi connectivity index (χ0v) is 19.2. The summed E-state index contributed by atoms with van der Waals surface area (Å²) in [4.78, 5) is 51.2. The predicted molar refractivity (Wildman–Crippen MR) is 123 cm³/mol. The number of piperidine rings is 1. The number of aliphatic carboxylic acids is 1. The van der Waals surface area contributed by atoms with Crippen molar-refractivity contribution in [2.24, 2.45) is 11.3 Å². The summed E-state index contributed by atoms with van der Waals surface area (Å²) in [6.07, 6.45) is -0.411. The van der Waals surface area contributed by atoms with Crippen molar-refractivity contribution in [3.8, 4) is 11.1 Å². The first kappa shape index (κ1) is 22.9. The molecule has 2 amide bonds. The fraction of sp³-hybridized carbons (Fsp3) is 0.385. The van der Waals surface area contributed by atoms with Gasteiger partial charge < -0.3 is 19.5 Å². The summed E-state index contributed by atoms with van der Waals surface area (Å²) in [5.41, 5.74) is 3.29. The Bertz CT molecular complexity index is 1170. The van der Waals surface area contributed by atoms with Gasteiger partial charge in [0.2, 0.25) is 6.04 Å². The van der Waals surface area contributed by atoms with E-state index in [1.165, 1.54) is 4.90 Å². The summed E-state index contributed by atoms with van der Waals surface area (Å²) >= 11 is 0. The van der Waals surface area contributed by atoms with E-state index in [0.29, 0.717) is 6.42 Å². The molecular formula is C26H26N2O7. The van der Waals surface area contributed by atoms with E-state index in [1.54, 1.807) is 6.92 Å². The van der Waals surface area contributed by atoms with Crippen LogP contribution in [0.5, 0.6) is 0 Å². The van der Waals surface area contributed by atoms with E-state index in [-0.39, 0.29) is 38.1 Å². The number of carbonyl (C=O) groups excluding carboxylic acids is 3. The van der Waals surface area contributed by atoms with E-state index in [4.69, 9.17) is 9.47 Å². The maximum absolute atomic E-state index is 13.1. The molecule has 2 fully saturated rings. The zero-order chi connectivity index (χ0) is 24.7. The van der Waals surface area contributed by atoms with Gasteiger partial charge >= 0.3 is 18.0 Å². The lowest BCUT2D eigenvalue weighted by Gasteiger charge is -2.25. The Morgan fingerprint density at radius 3 is 2.26 bits per heavy atom. The number of carboxylic acids is 1. The highest BCUT2D eigenvalue weighted by Crippen LogP contribution is 2.58. The maximum atomic E-state index is 13.1. The molecule has 2 aliphatic carbocycles. The van der Waals surface area contributed by atoms with Gasteiger partial charge in [0.25, 0.3) is 5.91 Å². The van der Waals surface area contributed by atoms with E-state index in [9.17, 15) is 24.3 Å². The summed E-state index contributed by atoms with van der Waals surface area (Å²) in [7, 11) is 0. The first-order chi connectivity index (χ1) is 16.9. The number of carboxylic acid groups (broad SMARTS) is 1. The molecule has 0 radical (unpaired) electrons. The molecule has 1 saturated carbocycles. The maximum Gasteiger partial charge on any atom is 0.408 e. The standard InChI is InChI=1S/C26H26N2O7/c1-2-34-23(30)21(22(29)28-12-15-11-26(15,14-28)24(31)32)27-25(33)35-13-20-18-9-5-3-7-16(18)17-8-4-6-10-19(17)20/h3-10,15,20-21H,2,11-14H2,1H3,(H,27,33)(H,31,32). The van der Waals surface area contributed by atoms with Crippen LogP contribution in [0.1, 0.15) is 30.4 Å². The number of carbonyl (C=O) groups is 4. The van der Waals surface area contributed by atoms with Crippen molar-refractivity contribution in [3.05, 3.63) is 59.7 Å². The van der Waals surface area contributed by atoms with Gasteiger partial charge in [-0.25, -0.2) is 9.59 Å². The van der Waals surface area contributed by atoms with Crippen molar-refractivity contribution < 1.29 is 33.8 Å². The zero-order valence-electron chi connectivity index (χ0n) is 19.2. The molecule has 9 heteroatoms. The number of rotatable bonds is 7. The van der Waals surface area contributed by atoms with Gasteiger partial charge in [0.1, 0.15) is 6.61 Å². The number of esters is 1. The average Bonchev–Trinajstić information content (AvgIpc) is 3.28. The van der Waals surface area contributed by atoms with E-state index in [2.05, 4.69) is 5.32 Å². The Kier molecular flexibility index (Phi) is 5.70. The number of likely N-dealkylation sites (tertiary alicyclic amines) is 1. The highest BCUT2D eigenvalue weighted by atomic mass is 16.6. The quantitative estimate of drug-likeness (QED) is 0.463. The van der Waals surface area contributed by atoms with Crippen LogP contribution >= 0.6 is 0 Å². The smallest absolute Gasteiger partial charge is 0.408 e. The van der Waals surface area contributed by atoms with Crippen molar-refractivity contribution in [2.75, 3.05) is 26.3 Å². The molecule has 1 saturated heterocycles. The van der Waals surface area contributed by atoms with Gasteiger partial charge in [0.05, 0.1) is 12.0 Å². The first-order valence-corrected chi connectivity index (χ1v) is 11.7. The topological polar surface area (TPSA) is 122 Å². The van der Waals surface area contributed by atoms with Gasteiger partial charge in [-0.2, -0.15) is 0 Å². The molecule has 0 aromatic heterocycles. The summed E-state index contributed by atoms with van der Waals surface area (Å²) in [6, 6.07) is 14.2. The van der Waals surface area contributed by atoms with E-state index in [1.807, 2.05) is 48.5 Å². The number of amides is 2. The third-order valence-electron chi connectivity index (χ3n) is 7.26. The van der Waals surface area contributed by atoms with Gasteiger partial charge in [0, 0.05) is 19.0 Å². The summed E-state index contributed by atoms with van der Waals surface area (Å²) in [5, 5.41) is 11.8.